The summed E-state index contributed by atoms with van der Waals surface area (Å²) in [5, 5.41) is 0. The lowest BCUT2D eigenvalue weighted by Crippen LogP contribution is -1.92. The SMILES string of the molecule is C=Cc1cc(-c2ccc(OCC)cc2)ccc1-c1ccc(OCC)cc1. The molecular formula is C24H24O2. The lowest BCUT2D eigenvalue weighted by Gasteiger charge is -2.11. The molecule has 0 heterocycles. The van der Waals surface area contributed by atoms with Gasteiger partial charge in [-0.2, -0.15) is 0 Å². The zero-order chi connectivity index (χ0) is 18.4. The van der Waals surface area contributed by atoms with Crippen LogP contribution in [0.3, 0.4) is 0 Å². The largest absolute Gasteiger partial charge is 0.494 e. The van der Waals surface area contributed by atoms with E-state index in [1.54, 1.807) is 0 Å². The summed E-state index contributed by atoms with van der Waals surface area (Å²) in [5.41, 5.74) is 5.76. The van der Waals surface area contributed by atoms with E-state index in [-0.39, 0.29) is 0 Å². The predicted octanol–water partition coefficient (Wildman–Crippen LogP) is 6.46. The third-order valence-corrected chi connectivity index (χ3v) is 4.25. The molecule has 3 aromatic carbocycles. The maximum absolute atomic E-state index is 5.53. The van der Waals surface area contributed by atoms with Crippen LogP contribution in [-0.4, -0.2) is 13.2 Å². The lowest BCUT2D eigenvalue weighted by atomic mass is 9.95. The summed E-state index contributed by atoms with van der Waals surface area (Å²) in [5.74, 6) is 1.79. The zero-order valence-electron chi connectivity index (χ0n) is 15.4. The van der Waals surface area contributed by atoms with Crippen molar-refractivity contribution in [2.75, 3.05) is 13.2 Å². The minimum absolute atomic E-state index is 0.675. The lowest BCUT2D eigenvalue weighted by molar-refractivity contribution is 0.340. The zero-order valence-corrected chi connectivity index (χ0v) is 15.4. The van der Waals surface area contributed by atoms with Crippen LogP contribution in [0.25, 0.3) is 28.3 Å². The summed E-state index contributed by atoms with van der Waals surface area (Å²) in [6, 6.07) is 22.8. The molecule has 2 heteroatoms. The van der Waals surface area contributed by atoms with Crippen molar-refractivity contribution >= 4 is 6.08 Å². The van der Waals surface area contributed by atoms with Gasteiger partial charge in [-0.1, -0.05) is 49.1 Å². The molecule has 0 atom stereocenters. The number of rotatable bonds is 7. The van der Waals surface area contributed by atoms with Gasteiger partial charge < -0.3 is 9.47 Å². The highest BCUT2D eigenvalue weighted by molar-refractivity contribution is 5.79. The molecule has 0 bridgehead atoms. The van der Waals surface area contributed by atoms with E-state index in [1.165, 1.54) is 0 Å². The molecule has 0 radical (unpaired) electrons. The summed E-state index contributed by atoms with van der Waals surface area (Å²) in [4.78, 5) is 0. The molecule has 26 heavy (non-hydrogen) atoms. The Morgan fingerprint density at radius 3 is 1.69 bits per heavy atom. The summed E-state index contributed by atoms with van der Waals surface area (Å²) in [7, 11) is 0. The van der Waals surface area contributed by atoms with Gasteiger partial charge in [0.1, 0.15) is 11.5 Å². The number of hydrogen-bond acceptors (Lipinski definition) is 2. The average molecular weight is 344 g/mol. The second kappa shape index (κ2) is 8.39. The van der Waals surface area contributed by atoms with E-state index in [0.717, 1.165) is 39.3 Å². The molecule has 0 fully saturated rings. The molecule has 0 aliphatic rings. The number of hydrogen-bond donors (Lipinski definition) is 0. The van der Waals surface area contributed by atoms with Crippen LogP contribution in [-0.2, 0) is 0 Å². The normalized spacial score (nSPS) is 10.4. The third-order valence-electron chi connectivity index (χ3n) is 4.25. The minimum atomic E-state index is 0.675. The number of benzene rings is 3. The Hall–Kier alpha value is -3.00. The van der Waals surface area contributed by atoms with Crippen LogP contribution < -0.4 is 9.47 Å². The fraction of sp³-hybridized carbons (Fsp3) is 0.167. The van der Waals surface area contributed by atoms with Crippen LogP contribution >= 0.6 is 0 Å². The van der Waals surface area contributed by atoms with Gasteiger partial charge in [-0.25, -0.2) is 0 Å². The molecule has 0 aromatic heterocycles. The van der Waals surface area contributed by atoms with Crippen molar-refractivity contribution in [3.05, 3.63) is 78.9 Å². The highest BCUT2D eigenvalue weighted by Crippen LogP contribution is 2.31. The Bertz CT molecular complexity index is 862. The first-order valence-electron chi connectivity index (χ1n) is 8.98. The Kier molecular flexibility index (Phi) is 5.75. The summed E-state index contributed by atoms with van der Waals surface area (Å²) in [6.07, 6.45) is 1.91. The van der Waals surface area contributed by atoms with Crippen molar-refractivity contribution in [2.45, 2.75) is 13.8 Å². The maximum atomic E-state index is 5.53. The molecule has 132 valence electrons. The highest BCUT2D eigenvalue weighted by Gasteiger charge is 2.06. The Balaban J connectivity index is 1.91. The molecule has 0 N–H and O–H groups in total. The molecule has 3 rings (SSSR count). The second-order valence-electron chi connectivity index (χ2n) is 5.92. The monoisotopic (exact) mass is 344 g/mol. The minimum Gasteiger partial charge on any atom is -0.494 e. The van der Waals surface area contributed by atoms with E-state index in [0.29, 0.717) is 13.2 Å². The van der Waals surface area contributed by atoms with Crippen LogP contribution in [0.1, 0.15) is 19.4 Å². The molecule has 0 amide bonds. The maximum Gasteiger partial charge on any atom is 0.119 e. The van der Waals surface area contributed by atoms with Crippen LogP contribution in [0.2, 0.25) is 0 Å². The van der Waals surface area contributed by atoms with E-state index in [2.05, 4.69) is 49.0 Å². The van der Waals surface area contributed by atoms with Gasteiger partial charge in [-0.05, 0) is 72.0 Å². The van der Waals surface area contributed by atoms with Gasteiger partial charge in [0.05, 0.1) is 13.2 Å². The van der Waals surface area contributed by atoms with E-state index >= 15 is 0 Å². The van der Waals surface area contributed by atoms with Gasteiger partial charge in [0.15, 0.2) is 0 Å². The van der Waals surface area contributed by atoms with Gasteiger partial charge in [0.2, 0.25) is 0 Å². The molecule has 0 saturated carbocycles. The van der Waals surface area contributed by atoms with Gasteiger partial charge in [0, 0.05) is 0 Å². The Morgan fingerprint density at radius 1 is 0.692 bits per heavy atom. The van der Waals surface area contributed by atoms with Crippen molar-refractivity contribution in [1.29, 1.82) is 0 Å². The summed E-state index contributed by atoms with van der Waals surface area (Å²) >= 11 is 0. The Morgan fingerprint density at radius 2 is 1.19 bits per heavy atom. The summed E-state index contributed by atoms with van der Waals surface area (Å²) < 4.78 is 11.0. The van der Waals surface area contributed by atoms with Crippen molar-refractivity contribution in [1.82, 2.24) is 0 Å². The van der Waals surface area contributed by atoms with E-state index in [1.807, 2.05) is 44.2 Å². The molecule has 0 saturated heterocycles. The first-order valence-corrected chi connectivity index (χ1v) is 8.98. The van der Waals surface area contributed by atoms with Crippen LogP contribution in [0.4, 0.5) is 0 Å². The van der Waals surface area contributed by atoms with Crippen molar-refractivity contribution in [3.63, 3.8) is 0 Å². The first-order chi connectivity index (χ1) is 12.7. The van der Waals surface area contributed by atoms with E-state index in [9.17, 15) is 0 Å². The molecule has 0 aliphatic heterocycles. The smallest absolute Gasteiger partial charge is 0.119 e. The highest BCUT2D eigenvalue weighted by atomic mass is 16.5. The standard InChI is InChI=1S/C24H24O2/c1-4-18-17-21(19-7-12-22(13-8-19)25-5-2)11-16-24(18)20-9-14-23(15-10-20)26-6-3/h4,7-17H,1,5-6H2,2-3H3. The quantitative estimate of drug-likeness (QED) is 0.489. The molecular weight excluding hydrogens is 320 g/mol. The fourth-order valence-corrected chi connectivity index (χ4v) is 2.98. The van der Waals surface area contributed by atoms with Crippen LogP contribution in [0.5, 0.6) is 11.5 Å². The molecule has 2 nitrogen and oxygen atoms in total. The van der Waals surface area contributed by atoms with E-state index in [4.69, 9.17) is 9.47 Å². The van der Waals surface area contributed by atoms with Gasteiger partial charge in [0.25, 0.3) is 0 Å². The van der Waals surface area contributed by atoms with Crippen molar-refractivity contribution in [3.8, 4) is 33.8 Å². The van der Waals surface area contributed by atoms with Crippen molar-refractivity contribution in [2.24, 2.45) is 0 Å². The topological polar surface area (TPSA) is 18.5 Å². The van der Waals surface area contributed by atoms with Crippen LogP contribution in [0, 0.1) is 0 Å². The number of ether oxygens (including phenoxy) is 2. The van der Waals surface area contributed by atoms with Gasteiger partial charge >= 0.3 is 0 Å². The Labute approximate surface area is 155 Å². The second-order valence-corrected chi connectivity index (χ2v) is 5.92. The van der Waals surface area contributed by atoms with Gasteiger partial charge in [-0.3, -0.25) is 0 Å². The summed E-state index contributed by atoms with van der Waals surface area (Å²) in [6.45, 7) is 9.32. The molecule has 0 aliphatic carbocycles. The first kappa shape index (κ1) is 17.8. The molecule has 0 unspecified atom stereocenters. The van der Waals surface area contributed by atoms with Gasteiger partial charge in [-0.15, -0.1) is 0 Å². The predicted molar refractivity (Wildman–Crippen MR) is 110 cm³/mol. The molecule has 0 spiro atoms. The van der Waals surface area contributed by atoms with Crippen LogP contribution in [0.15, 0.2) is 73.3 Å². The third kappa shape index (κ3) is 3.97. The van der Waals surface area contributed by atoms with E-state index < -0.39 is 0 Å². The van der Waals surface area contributed by atoms with Crippen molar-refractivity contribution < 1.29 is 9.47 Å². The molecule has 3 aromatic rings. The average Bonchev–Trinajstić information content (AvgIpc) is 2.69. The fourth-order valence-electron chi connectivity index (χ4n) is 2.98.